The first kappa shape index (κ1) is 23.4. The van der Waals surface area contributed by atoms with Crippen LogP contribution in [0.15, 0.2) is 23.6 Å². The Labute approximate surface area is 188 Å². The number of carbonyl (C=O) groups is 2. The molecule has 1 aliphatic rings. The Balaban J connectivity index is 1.75. The van der Waals surface area contributed by atoms with Gasteiger partial charge < -0.3 is 14.8 Å². The number of anilines is 1. The van der Waals surface area contributed by atoms with Crippen LogP contribution in [0.1, 0.15) is 48.7 Å². The predicted molar refractivity (Wildman–Crippen MR) is 125 cm³/mol. The molecule has 0 spiro atoms. The summed E-state index contributed by atoms with van der Waals surface area (Å²) in [5, 5.41) is 5.40. The number of esters is 1. The fraction of sp³-hybridized carbons (Fsp3) is 0.500. The van der Waals surface area contributed by atoms with Crippen LogP contribution < -0.4 is 5.32 Å². The topological polar surface area (TPSA) is 67.9 Å². The van der Waals surface area contributed by atoms with Crippen LogP contribution in [0, 0.1) is 13.8 Å². The maximum Gasteiger partial charge on any atom is 0.341 e. The van der Waals surface area contributed by atoms with Gasteiger partial charge in [-0.25, -0.2) is 4.79 Å². The lowest BCUT2D eigenvalue weighted by molar-refractivity contribution is -0.117. The maximum atomic E-state index is 12.7. The molecule has 1 fully saturated rings. The number of morpholine rings is 1. The van der Waals surface area contributed by atoms with Crippen LogP contribution in [0.25, 0.3) is 11.1 Å². The van der Waals surface area contributed by atoms with Gasteiger partial charge in [-0.05, 0) is 51.3 Å². The molecular weight excluding hydrogens is 412 g/mol. The SMILES string of the molecule is CCOC(=O)c1c(-c2ccc(C)c(C)c2)csc1NC(=O)CCN1CC(C)OC(C)C1. The summed E-state index contributed by atoms with van der Waals surface area (Å²) in [6.07, 6.45) is 0.693. The van der Waals surface area contributed by atoms with E-state index in [1.54, 1.807) is 6.92 Å². The Morgan fingerprint density at radius 3 is 2.55 bits per heavy atom. The number of hydrogen-bond acceptors (Lipinski definition) is 6. The Bertz CT molecular complexity index is 930. The fourth-order valence-electron chi connectivity index (χ4n) is 3.89. The van der Waals surface area contributed by atoms with Crippen molar-refractivity contribution in [2.75, 3.05) is 31.6 Å². The van der Waals surface area contributed by atoms with E-state index in [4.69, 9.17) is 9.47 Å². The lowest BCUT2D eigenvalue weighted by atomic mass is 9.99. The number of thiophene rings is 1. The van der Waals surface area contributed by atoms with Gasteiger partial charge in [0.15, 0.2) is 0 Å². The quantitative estimate of drug-likeness (QED) is 0.630. The van der Waals surface area contributed by atoms with Crippen LogP contribution in [0.5, 0.6) is 0 Å². The van der Waals surface area contributed by atoms with E-state index in [0.29, 0.717) is 23.5 Å². The molecule has 2 heterocycles. The number of benzene rings is 1. The minimum atomic E-state index is -0.414. The van der Waals surface area contributed by atoms with Crippen molar-refractivity contribution in [1.82, 2.24) is 4.90 Å². The highest BCUT2D eigenvalue weighted by Crippen LogP contribution is 2.37. The first-order chi connectivity index (χ1) is 14.8. The van der Waals surface area contributed by atoms with Gasteiger partial charge in [0.2, 0.25) is 5.91 Å². The van der Waals surface area contributed by atoms with Gasteiger partial charge >= 0.3 is 5.97 Å². The van der Waals surface area contributed by atoms with Gasteiger partial charge in [0, 0.05) is 37.0 Å². The molecule has 0 aliphatic carbocycles. The minimum Gasteiger partial charge on any atom is -0.462 e. The average Bonchev–Trinajstić information content (AvgIpc) is 3.11. The Hall–Kier alpha value is -2.22. The van der Waals surface area contributed by atoms with Crippen molar-refractivity contribution in [3.63, 3.8) is 0 Å². The van der Waals surface area contributed by atoms with Crippen molar-refractivity contribution in [3.8, 4) is 11.1 Å². The Kier molecular flexibility index (Phi) is 7.86. The summed E-state index contributed by atoms with van der Waals surface area (Å²) in [5.41, 5.74) is 4.50. The molecule has 1 saturated heterocycles. The number of aryl methyl sites for hydroxylation is 2. The van der Waals surface area contributed by atoms with Crippen molar-refractivity contribution in [2.24, 2.45) is 0 Å². The molecule has 1 N–H and O–H groups in total. The molecule has 6 nitrogen and oxygen atoms in total. The van der Waals surface area contributed by atoms with Crippen LogP contribution in [-0.4, -0.2) is 55.2 Å². The summed E-state index contributed by atoms with van der Waals surface area (Å²) in [7, 11) is 0. The standard InChI is InChI=1S/C24H32N2O4S/c1-6-29-24(28)22-20(19-8-7-15(2)16(3)11-19)14-31-23(22)25-21(27)9-10-26-12-17(4)30-18(5)13-26/h7-8,11,14,17-18H,6,9-10,12-13H2,1-5H3,(H,25,27). The predicted octanol–water partition coefficient (Wildman–Crippen LogP) is 4.65. The van der Waals surface area contributed by atoms with Crippen molar-refractivity contribution in [1.29, 1.82) is 0 Å². The van der Waals surface area contributed by atoms with E-state index in [0.717, 1.165) is 29.8 Å². The number of carbonyl (C=O) groups excluding carboxylic acids is 2. The third kappa shape index (κ3) is 5.93. The highest BCUT2D eigenvalue weighted by atomic mass is 32.1. The largest absolute Gasteiger partial charge is 0.462 e. The van der Waals surface area contributed by atoms with Gasteiger partial charge in [0.25, 0.3) is 0 Å². The molecule has 0 radical (unpaired) electrons. The van der Waals surface area contributed by atoms with E-state index in [1.807, 2.05) is 38.3 Å². The maximum absolute atomic E-state index is 12.7. The van der Waals surface area contributed by atoms with Gasteiger partial charge in [-0.3, -0.25) is 9.69 Å². The molecule has 168 valence electrons. The first-order valence-corrected chi connectivity index (χ1v) is 11.7. The molecule has 1 aliphatic heterocycles. The van der Waals surface area contributed by atoms with Gasteiger partial charge in [0.1, 0.15) is 10.6 Å². The number of amides is 1. The Morgan fingerprint density at radius 2 is 1.90 bits per heavy atom. The molecule has 0 saturated carbocycles. The minimum absolute atomic E-state index is 0.106. The normalized spacial score (nSPS) is 19.3. The number of nitrogens with one attached hydrogen (secondary N) is 1. The van der Waals surface area contributed by atoms with Crippen LogP contribution in [0.2, 0.25) is 0 Å². The first-order valence-electron chi connectivity index (χ1n) is 10.8. The summed E-state index contributed by atoms with van der Waals surface area (Å²) < 4.78 is 11.1. The number of rotatable bonds is 7. The summed E-state index contributed by atoms with van der Waals surface area (Å²) in [6, 6.07) is 6.10. The molecule has 2 aromatic rings. The zero-order chi connectivity index (χ0) is 22.5. The molecule has 2 atom stereocenters. The second kappa shape index (κ2) is 10.4. The second-order valence-corrected chi connectivity index (χ2v) is 9.07. The third-order valence-electron chi connectivity index (χ3n) is 5.49. The zero-order valence-electron chi connectivity index (χ0n) is 19.0. The van der Waals surface area contributed by atoms with Crippen LogP contribution in [0.4, 0.5) is 5.00 Å². The zero-order valence-corrected chi connectivity index (χ0v) is 19.8. The van der Waals surface area contributed by atoms with E-state index in [-0.39, 0.29) is 24.7 Å². The molecule has 1 amide bonds. The lowest BCUT2D eigenvalue weighted by Gasteiger charge is -2.35. The van der Waals surface area contributed by atoms with E-state index in [1.165, 1.54) is 16.9 Å². The molecule has 1 aromatic heterocycles. The molecule has 1 aromatic carbocycles. The summed E-state index contributed by atoms with van der Waals surface area (Å²) in [5.74, 6) is -0.519. The van der Waals surface area contributed by atoms with Gasteiger partial charge in [-0.2, -0.15) is 0 Å². The van der Waals surface area contributed by atoms with E-state index >= 15 is 0 Å². The molecule has 31 heavy (non-hydrogen) atoms. The summed E-state index contributed by atoms with van der Waals surface area (Å²) in [4.78, 5) is 27.7. The van der Waals surface area contributed by atoms with Crippen molar-refractivity contribution >= 4 is 28.2 Å². The van der Waals surface area contributed by atoms with Crippen LogP contribution in [0.3, 0.4) is 0 Å². The summed E-state index contributed by atoms with van der Waals surface area (Å²) >= 11 is 1.36. The smallest absolute Gasteiger partial charge is 0.341 e. The fourth-order valence-corrected chi connectivity index (χ4v) is 4.87. The van der Waals surface area contributed by atoms with E-state index in [2.05, 4.69) is 23.2 Å². The lowest BCUT2D eigenvalue weighted by Crippen LogP contribution is -2.46. The average molecular weight is 445 g/mol. The number of ether oxygens (including phenoxy) is 2. The highest BCUT2D eigenvalue weighted by molar-refractivity contribution is 7.15. The second-order valence-electron chi connectivity index (χ2n) is 8.19. The highest BCUT2D eigenvalue weighted by Gasteiger charge is 2.25. The summed E-state index contributed by atoms with van der Waals surface area (Å²) in [6.45, 7) is 12.6. The monoisotopic (exact) mass is 444 g/mol. The number of hydrogen-bond donors (Lipinski definition) is 1. The van der Waals surface area contributed by atoms with Crippen LogP contribution >= 0.6 is 11.3 Å². The number of nitrogens with zero attached hydrogens (tertiary/aromatic N) is 1. The molecule has 2 unspecified atom stereocenters. The van der Waals surface area contributed by atoms with E-state index < -0.39 is 5.97 Å². The van der Waals surface area contributed by atoms with Gasteiger partial charge in [0.05, 0.1) is 18.8 Å². The van der Waals surface area contributed by atoms with Crippen LogP contribution in [-0.2, 0) is 14.3 Å². The molecule has 0 bridgehead atoms. The van der Waals surface area contributed by atoms with E-state index in [9.17, 15) is 9.59 Å². The molecular formula is C24H32N2O4S. The Morgan fingerprint density at radius 1 is 1.19 bits per heavy atom. The van der Waals surface area contributed by atoms with Gasteiger partial charge in [-0.1, -0.05) is 18.2 Å². The van der Waals surface area contributed by atoms with Crippen molar-refractivity contribution < 1.29 is 19.1 Å². The van der Waals surface area contributed by atoms with Crippen molar-refractivity contribution in [3.05, 3.63) is 40.3 Å². The van der Waals surface area contributed by atoms with Gasteiger partial charge in [-0.15, -0.1) is 11.3 Å². The molecule has 3 rings (SSSR count). The third-order valence-corrected chi connectivity index (χ3v) is 6.39. The van der Waals surface area contributed by atoms with Crippen molar-refractivity contribution in [2.45, 2.75) is 53.2 Å². The molecule has 7 heteroatoms.